The summed E-state index contributed by atoms with van der Waals surface area (Å²) in [5.41, 5.74) is 2.82. The van der Waals surface area contributed by atoms with Crippen molar-refractivity contribution in [1.82, 2.24) is 19.4 Å². The average molecular weight is 338 g/mol. The standard InChI is InChI=1S/C19H22N4O2/c1-22-12-20-11-18(22)13-5-7-23(8-6-13)19(24)17-9-14-3-4-15(25-2)10-16(14)21-17/h3-4,9-13,21H,5-8H2,1-2H3. The number of hydrogen-bond donors (Lipinski definition) is 1. The highest BCUT2D eigenvalue weighted by molar-refractivity contribution is 5.98. The van der Waals surface area contributed by atoms with E-state index in [2.05, 4.69) is 14.5 Å². The molecule has 0 saturated carbocycles. The van der Waals surface area contributed by atoms with Crippen LogP contribution in [0.5, 0.6) is 5.75 Å². The molecule has 6 heteroatoms. The van der Waals surface area contributed by atoms with E-state index in [-0.39, 0.29) is 5.91 Å². The number of nitrogens with zero attached hydrogens (tertiary/aromatic N) is 3. The quantitative estimate of drug-likeness (QED) is 0.799. The number of benzene rings is 1. The van der Waals surface area contributed by atoms with E-state index >= 15 is 0 Å². The number of nitrogens with one attached hydrogen (secondary N) is 1. The van der Waals surface area contributed by atoms with Crippen molar-refractivity contribution in [3.63, 3.8) is 0 Å². The molecule has 1 saturated heterocycles. The van der Waals surface area contributed by atoms with Gasteiger partial charge < -0.3 is 19.2 Å². The zero-order valence-corrected chi connectivity index (χ0v) is 14.5. The number of piperidine rings is 1. The molecule has 25 heavy (non-hydrogen) atoms. The summed E-state index contributed by atoms with van der Waals surface area (Å²) < 4.78 is 7.32. The molecule has 0 unspecified atom stereocenters. The van der Waals surface area contributed by atoms with Crippen LogP contribution in [0.2, 0.25) is 0 Å². The monoisotopic (exact) mass is 338 g/mol. The normalized spacial score (nSPS) is 15.7. The summed E-state index contributed by atoms with van der Waals surface area (Å²) >= 11 is 0. The van der Waals surface area contributed by atoms with Crippen LogP contribution in [-0.4, -0.2) is 45.5 Å². The lowest BCUT2D eigenvalue weighted by molar-refractivity contribution is 0.0706. The lowest BCUT2D eigenvalue weighted by atomic mass is 9.93. The Hall–Kier alpha value is -2.76. The maximum Gasteiger partial charge on any atom is 0.270 e. The second-order valence-electron chi connectivity index (χ2n) is 6.63. The van der Waals surface area contributed by atoms with E-state index in [1.807, 2.05) is 48.7 Å². The molecule has 1 aliphatic rings. The number of hydrogen-bond acceptors (Lipinski definition) is 3. The Bertz CT molecular complexity index is 903. The third kappa shape index (κ3) is 2.88. The number of aryl methyl sites for hydroxylation is 1. The predicted octanol–water partition coefficient (Wildman–Crippen LogP) is 2.93. The van der Waals surface area contributed by atoms with E-state index in [1.54, 1.807) is 7.11 Å². The van der Waals surface area contributed by atoms with Gasteiger partial charge in [0.15, 0.2) is 0 Å². The molecule has 1 N–H and O–H groups in total. The third-order valence-corrected chi connectivity index (χ3v) is 5.11. The van der Waals surface area contributed by atoms with E-state index in [1.165, 1.54) is 5.69 Å². The Morgan fingerprint density at radius 3 is 2.76 bits per heavy atom. The second kappa shape index (κ2) is 6.27. The molecule has 0 bridgehead atoms. The number of likely N-dealkylation sites (tertiary alicyclic amines) is 1. The molecule has 0 spiro atoms. The first-order valence-electron chi connectivity index (χ1n) is 8.58. The fraction of sp³-hybridized carbons (Fsp3) is 0.368. The Morgan fingerprint density at radius 2 is 2.08 bits per heavy atom. The fourth-order valence-corrected chi connectivity index (χ4v) is 3.66. The van der Waals surface area contributed by atoms with Crippen LogP contribution in [0.1, 0.15) is 34.9 Å². The van der Waals surface area contributed by atoms with Gasteiger partial charge in [0.2, 0.25) is 0 Å². The summed E-state index contributed by atoms with van der Waals surface area (Å²) in [5.74, 6) is 1.33. The first-order chi connectivity index (χ1) is 12.2. The Balaban J connectivity index is 1.48. The van der Waals surface area contributed by atoms with Crippen LogP contribution in [0, 0.1) is 0 Å². The molecule has 0 atom stereocenters. The Kier molecular flexibility index (Phi) is 3.95. The van der Waals surface area contributed by atoms with Gasteiger partial charge >= 0.3 is 0 Å². The molecule has 2 aromatic heterocycles. The number of aromatic nitrogens is 3. The Morgan fingerprint density at radius 1 is 1.28 bits per heavy atom. The SMILES string of the molecule is COc1ccc2cc(C(=O)N3CCC(c4cncn4C)CC3)[nH]c2c1. The predicted molar refractivity (Wildman–Crippen MR) is 95.9 cm³/mol. The van der Waals surface area contributed by atoms with E-state index < -0.39 is 0 Å². The third-order valence-electron chi connectivity index (χ3n) is 5.11. The minimum absolute atomic E-state index is 0.0682. The van der Waals surface area contributed by atoms with Gasteiger partial charge in [-0.3, -0.25) is 4.79 Å². The van der Waals surface area contributed by atoms with Crippen LogP contribution in [0.4, 0.5) is 0 Å². The first kappa shape index (κ1) is 15.7. The van der Waals surface area contributed by atoms with Gasteiger partial charge in [0.25, 0.3) is 5.91 Å². The van der Waals surface area contributed by atoms with E-state index in [9.17, 15) is 4.79 Å². The van der Waals surface area contributed by atoms with Crippen LogP contribution >= 0.6 is 0 Å². The van der Waals surface area contributed by atoms with Gasteiger partial charge in [-0.25, -0.2) is 4.98 Å². The average Bonchev–Trinajstić information content (AvgIpc) is 3.26. The van der Waals surface area contributed by atoms with E-state index in [4.69, 9.17) is 4.74 Å². The summed E-state index contributed by atoms with van der Waals surface area (Å²) in [6.45, 7) is 1.54. The number of carbonyl (C=O) groups is 1. The molecular formula is C19H22N4O2. The molecule has 3 aromatic rings. The zero-order chi connectivity index (χ0) is 17.4. The van der Waals surface area contributed by atoms with Crippen molar-refractivity contribution < 1.29 is 9.53 Å². The molecule has 0 aliphatic carbocycles. The maximum atomic E-state index is 12.8. The van der Waals surface area contributed by atoms with Crippen LogP contribution in [0.3, 0.4) is 0 Å². The highest BCUT2D eigenvalue weighted by Gasteiger charge is 2.26. The van der Waals surface area contributed by atoms with Crippen molar-refractivity contribution >= 4 is 16.8 Å². The number of imidazole rings is 1. The number of ether oxygens (including phenoxy) is 1. The highest BCUT2D eigenvalue weighted by Crippen LogP contribution is 2.28. The van der Waals surface area contributed by atoms with Crippen molar-refractivity contribution in [2.24, 2.45) is 7.05 Å². The number of H-pyrrole nitrogens is 1. The van der Waals surface area contributed by atoms with Crippen LogP contribution in [0.15, 0.2) is 36.8 Å². The lowest BCUT2D eigenvalue weighted by Crippen LogP contribution is -2.38. The summed E-state index contributed by atoms with van der Waals surface area (Å²) in [6.07, 6.45) is 5.72. The van der Waals surface area contributed by atoms with Crippen molar-refractivity contribution in [2.45, 2.75) is 18.8 Å². The highest BCUT2D eigenvalue weighted by atomic mass is 16.5. The van der Waals surface area contributed by atoms with Crippen molar-refractivity contribution in [2.75, 3.05) is 20.2 Å². The summed E-state index contributed by atoms with van der Waals surface area (Å²) in [7, 11) is 3.67. The van der Waals surface area contributed by atoms with Gasteiger partial charge in [0.05, 0.1) is 13.4 Å². The molecule has 4 rings (SSSR count). The molecule has 1 aliphatic heterocycles. The fourth-order valence-electron chi connectivity index (χ4n) is 3.66. The van der Waals surface area contributed by atoms with E-state index in [0.717, 1.165) is 42.6 Å². The molecular weight excluding hydrogens is 316 g/mol. The van der Waals surface area contributed by atoms with E-state index in [0.29, 0.717) is 11.6 Å². The van der Waals surface area contributed by atoms with Gasteiger partial charge in [0.1, 0.15) is 11.4 Å². The zero-order valence-electron chi connectivity index (χ0n) is 14.5. The van der Waals surface area contributed by atoms with Crippen molar-refractivity contribution in [1.29, 1.82) is 0 Å². The summed E-state index contributed by atoms with van der Waals surface area (Å²) in [5, 5.41) is 1.02. The molecule has 1 fully saturated rings. The molecule has 1 amide bonds. The van der Waals surface area contributed by atoms with Crippen LogP contribution in [-0.2, 0) is 7.05 Å². The Labute approximate surface area is 146 Å². The smallest absolute Gasteiger partial charge is 0.270 e. The molecule has 130 valence electrons. The first-order valence-corrected chi connectivity index (χ1v) is 8.58. The van der Waals surface area contributed by atoms with Gasteiger partial charge in [-0.15, -0.1) is 0 Å². The number of amides is 1. The van der Waals surface area contributed by atoms with Gasteiger partial charge in [0, 0.05) is 54.9 Å². The number of fused-ring (bicyclic) bond motifs is 1. The number of carbonyl (C=O) groups excluding carboxylic acids is 1. The lowest BCUT2D eigenvalue weighted by Gasteiger charge is -2.31. The summed E-state index contributed by atoms with van der Waals surface area (Å²) in [4.78, 5) is 22.2. The van der Waals surface area contributed by atoms with Crippen LogP contribution < -0.4 is 4.74 Å². The van der Waals surface area contributed by atoms with Gasteiger partial charge in [-0.05, 0) is 31.0 Å². The van der Waals surface area contributed by atoms with Gasteiger partial charge in [-0.1, -0.05) is 0 Å². The molecule has 6 nitrogen and oxygen atoms in total. The van der Waals surface area contributed by atoms with Gasteiger partial charge in [-0.2, -0.15) is 0 Å². The topological polar surface area (TPSA) is 63.1 Å². The second-order valence-corrected chi connectivity index (χ2v) is 6.63. The van der Waals surface area contributed by atoms with Crippen molar-refractivity contribution in [3.05, 3.63) is 48.2 Å². The van der Waals surface area contributed by atoms with Crippen molar-refractivity contribution in [3.8, 4) is 5.75 Å². The largest absolute Gasteiger partial charge is 0.497 e. The molecule has 0 radical (unpaired) electrons. The number of aromatic amines is 1. The molecule has 1 aromatic carbocycles. The summed E-state index contributed by atoms with van der Waals surface area (Å²) in [6, 6.07) is 7.71. The number of rotatable bonds is 3. The number of methoxy groups -OCH3 is 1. The minimum Gasteiger partial charge on any atom is -0.497 e. The minimum atomic E-state index is 0.0682. The molecule has 3 heterocycles. The van der Waals surface area contributed by atoms with Crippen LogP contribution in [0.25, 0.3) is 10.9 Å². The maximum absolute atomic E-state index is 12.8.